The Morgan fingerprint density at radius 1 is 1.32 bits per heavy atom. The highest BCUT2D eigenvalue weighted by Gasteiger charge is 2.01. The molecule has 0 aliphatic carbocycles. The van der Waals surface area contributed by atoms with E-state index in [1.807, 2.05) is 36.4 Å². The molecule has 1 N–H and O–H groups in total. The van der Waals surface area contributed by atoms with Gasteiger partial charge in [0, 0.05) is 18.1 Å². The number of nitrogens with zero attached hydrogens (tertiary/aromatic N) is 4. The zero-order valence-electron chi connectivity index (χ0n) is 10.8. The van der Waals surface area contributed by atoms with E-state index < -0.39 is 0 Å². The highest BCUT2D eigenvalue weighted by Crippen LogP contribution is 2.10. The second kappa shape index (κ2) is 6.89. The number of aromatic nitrogens is 4. The van der Waals surface area contributed by atoms with Gasteiger partial charge in [-0.3, -0.25) is 0 Å². The van der Waals surface area contributed by atoms with E-state index in [0.717, 1.165) is 23.6 Å². The minimum absolute atomic E-state index is 0.673. The van der Waals surface area contributed by atoms with Crippen LogP contribution in [-0.2, 0) is 6.54 Å². The van der Waals surface area contributed by atoms with E-state index in [4.69, 9.17) is 11.6 Å². The number of hydrogen-bond acceptors (Lipinski definition) is 4. The van der Waals surface area contributed by atoms with Gasteiger partial charge in [0.2, 0.25) is 5.95 Å². The van der Waals surface area contributed by atoms with Crippen LogP contribution < -0.4 is 5.32 Å². The number of rotatable bonds is 6. The van der Waals surface area contributed by atoms with Crippen LogP contribution in [0.15, 0.2) is 30.3 Å². The molecule has 100 valence electrons. The third-order valence-electron chi connectivity index (χ3n) is 2.53. The van der Waals surface area contributed by atoms with Crippen molar-refractivity contribution < 1.29 is 0 Å². The summed E-state index contributed by atoms with van der Waals surface area (Å²) in [6.45, 7) is 3.58. The van der Waals surface area contributed by atoms with Gasteiger partial charge in [0.1, 0.15) is 0 Å². The van der Waals surface area contributed by atoms with Crippen molar-refractivity contribution in [2.75, 3.05) is 11.9 Å². The molecule has 0 saturated carbocycles. The minimum atomic E-state index is 0.673. The second-order valence-electron chi connectivity index (χ2n) is 4.06. The molecule has 0 aliphatic rings. The maximum Gasteiger partial charge on any atom is 0.243 e. The summed E-state index contributed by atoms with van der Waals surface area (Å²) in [4.78, 5) is 0. The fourth-order valence-corrected chi connectivity index (χ4v) is 1.74. The first-order valence-electron chi connectivity index (χ1n) is 6.21. The molecule has 5 nitrogen and oxygen atoms in total. The van der Waals surface area contributed by atoms with Gasteiger partial charge >= 0.3 is 0 Å². The molecule has 19 heavy (non-hydrogen) atoms. The molecular formula is C13H16ClN5. The quantitative estimate of drug-likeness (QED) is 0.882. The van der Waals surface area contributed by atoms with Gasteiger partial charge in [0.05, 0.1) is 0 Å². The maximum atomic E-state index is 5.83. The molecule has 6 heteroatoms. The molecule has 0 fully saturated rings. The molecule has 0 spiro atoms. The van der Waals surface area contributed by atoms with E-state index in [1.54, 1.807) is 4.68 Å². The van der Waals surface area contributed by atoms with Gasteiger partial charge in [-0.1, -0.05) is 47.9 Å². The number of halogens is 1. The smallest absolute Gasteiger partial charge is 0.243 e. The molecule has 0 bridgehead atoms. The molecule has 0 atom stereocenters. The normalized spacial score (nSPS) is 11.1. The Balaban J connectivity index is 1.85. The third-order valence-corrected chi connectivity index (χ3v) is 2.78. The van der Waals surface area contributed by atoms with Crippen LogP contribution in [0.4, 0.5) is 5.95 Å². The molecule has 0 radical (unpaired) electrons. The van der Waals surface area contributed by atoms with Crippen molar-refractivity contribution >= 4 is 23.6 Å². The summed E-state index contributed by atoms with van der Waals surface area (Å²) in [5.74, 6) is 0.697. The maximum absolute atomic E-state index is 5.83. The Bertz CT molecular complexity index is 532. The van der Waals surface area contributed by atoms with Crippen LogP contribution in [0.25, 0.3) is 6.08 Å². The average molecular weight is 278 g/mol. The Labute approximate surface area is 117 Å². The Morgan fingerprint density at radius 3 is 2.84 bits per heavy atom. The molecule has 1 aromatic carbocycles. The largest absolute Gasteiger partial charge is 0.350 e. The fourth-order valence-electron chi connectivity index (χ4n) is 1.61. The first kappa shape index (κ1) is 13.5. The van der Waals surface area contributed by atoms with E-state index >= 15 is 0 Å². The first-order valence-corrected chi connectivity index (χ1v) is 6.59. The summed E-state index contributed by atoms with van der Waals surface area (Å²) in [6, 6.07) is 7.69. The van der Waals surface area contributed by atoms with Crippen molar-refractivity contribution in [3.63, 3.8) is 0 Å². The van der Waals surface area contributed by atoms with Gasteiger partial charge in [-0.05, 0) is 34.5 Å². The van der Waals surface area contributed by atoms with Crippen LogP contribution in [0.2, 0.25) is 5.02 Å². The van der Waals surface area contributed by atoms with Crippen LogP contribution >= 0.6 is 11.6 Å². The summed E-state index contributed by atoms with van der Waals surface area (Å²) in [5, 5.41) is 15.4. The number of nitrogens with one attached hydrogen (secondary N) is 1. The molecule has 0 unspecified atom stereocenters. The monoisotopic (exact) mass is 277 g/mol. The first-order chi connectivity index (χ1) is 9.29. The number of aryl methyl sites for hydroxylation is 1. The predicted octanol–water partition coefficient (Wildman–Crippen LogP) is 2.86. The van der Waals surface area contributed by atoms with Gasteiger partial charge in [-0.15, -0.1) is 0 Å². The van der Waals surface area contributed by atoms with Crippen molar-refractivity contribution in [1.29, 1.82) is 0 Å². The van der Waals surface area contributed by atoms with Crippen LogP contribution in [0.1, 0.15) is 18.9 Å². The molecule has 1 heterocycles. The number of benzene rings is 1. The lowest BCUT2D eigenvalue weighted by atomic mass is 10.2. The summed E-state index contributed by atoms with van der Waals surface area (Å²) >= 11 is 5.83. The zero-order valence-corrected chi connectivity index (χ0v) is 11.5. The van der Waals surface area contributed by atoms with Gasteiger partial charge in [0.25, 0.3) is 0 Å². The summed E-state index contributed by atoms with van der Waals surface area (Å²) in [5.41, 5.74) is 1.11. The minimum Gasteiger partial charge on any atom is -0.350 e. The fraction of sp³-hybridized carbons (Fsp3) is 0.308. The molecule has 0 aliphatic heterocycles. The van der Waals surface area contributed by atoms with Crippen LogP contribution in [0.5, 0.6) is 0 Å². The Hall–Kier alpha value is -1.88. The second-order valence-corrected chi connectivity index (χ2v) is 4.50. The van der Waals surface area contributed by atoms with E-state index in [2.05, 4.69) is 27.8 Å². The average Bonchev–Trinajstić information content (AvgIpc) is 2.85. The lowest BCUT2D eigenvalue weighted by Gasteiger charge is -2.03. The highest BCUT2D eigenvalue weighted by atomic mass is 35.5. The van der Waals surface area contributed by atoms with Gasteiger partial charge in [0.15, 0.2) is 0 Å². The van der Waals surface area contributed by atoms with Crippen LogP contribution in [0.3, 0.4) is 0 Å². The molecule has 1 aromatic heterocycles. The van der Waals surface area contributed by atoms with Crippen molar-refractivity contribution in [1.82, 2.24) is 20.2 Å². The Morgan fingerprint density at radius 2 is 2.11 bits per heavy atom. The predicted molar refractivity (Wildman–Crippen MR) is 77.1 cm³/mol. The van der Waals surface area contributed by atoms with Crippen molar-refractivity contribution in [2.45, 2.75) is 19.9 Å². The van der Waals surface area contributed by atoms with Crippen LogP contribution in [0, 0.1) is 0 Å². The summed E-state index contributed by atoms with van der Waals surface area (Å²) < 4.78 is 1.76. The third kappa shape index (κ3) is 4.06. The highest BCUT2D eigenvalue weighted by molar-refractivity contribution is 6.30. The standard InChI is InChI=1S/C13H16ClN5/c1-2-10-19-13(16-17-18-19)15-9-3-4-11-5-7-12(14)8-6-11/h3-8H,2,9-10H2,1H3,(H,15,16,18)/b4-3-. The SMILES string of the molecule is CCCn1nnnc1NC/C=C\c1ccc(Cl)cc1. The van der Waals surface area contributed by atoms with E-state index in [1.165, 1.54) is 0 Å². The van der Waals surface area contributed by atoms with E-state index in [0.29, 0.717) is 12.5 Å². The van der Waals surface area contributed by atoms with E-state index in [9.17, 15) is 0 Å². The van der Waals surface area contributed by atoms with Gasteiger partial charge in [-0.25, -0.2) is 4.68 Å². The van der Waals surface area contributed by atoms with Gasteiger partial charge < -0.3 is 5.32 Å². The zero-order chi connectivity index (χ0) is 13.5. The summed E-state index contributed by atoms with van der Waals surface area (Å²) in [6.07, 6.45) is 5.05. The van der Waals surface area contributed by atoms with Gasteiger partial charge in [-0.2, -0.15) is 0 Å². The molecule has 0 amide bonds. The van der Waals surface area contributed by atoms with Crippen molar-refractivity contribution in [3.05, 3.63) is 40.9 Å². The molecule has 2 aromatic rings. The number of hydrogen-bond donors (Lipinski definition) is 1. The van der Waals surface area contributed by atoms with Crippen molar-refractivity contribution in [2.24, 2.45) is 0 Å². The number of tetrazole rings is 1. The van der Waals surface area contributed by atoms with Crippen LogP contribution in [-0.4, -0.2) is 26.8 Å². The lowest BCUT2D eigenvalue weighted by Crippen LogP contribution is -2.08. The summed E-state index contributed by atoms with van der Waals surface area (Å²) in [7, 11) is 0. The molecule has 0 saturated heterocycles. The van der Waals surface area contributed by atoms with Crippen molar-refractivity contribution in [3.8, 4) is 0 Å². The lowest BCUT2D eigenvalue weighted by molar-refractivity contribution is 0.583. The Kier molecular flexibility index (Phi) is 4.92. The van der Waals surface area contributed by atoms with E-state index in [-0.39, 0.29) is 0 Å². The molecular weight excluding hydrogens is 262 g/mol. The topological polar surface area (TPSA) is 55.6 Å². The number of anilines is 1. The molecule has 2 rings (SSSR count).